The second-order valence-corrected chi connectivity index (χ2v) is 8.20. The Kier molecular flexibility index (Phi) is 6.62. The molecule has 1 atom stereocenters. The van der Waals surface area contributed by atoms with Crippen molar-refractivity contribution < 1.29 is 22.7 Å². The summed E-state index contributed by atoms with van der Waals surface area (Å²) in [4.78, 5) is 17.6. The van der Waals surface area contributed by atoms with Gasteiger partial charge in [0.15, 0.2) is 0 Å². The van der Waals surface area contributed by atoms with Crippen molar-refractivity contribution in [2.45, 2.75) is 31.5 Å². The minimum Gasteiger partial charge on any atom is -0.377 e. The molecule has 4 nitrogen and oxygen atoms in total. The molecule has 0 saturated carbocycles. The summed E-state index contributed by atoms with van der Waals surface area (Å²) in [6, 6.07) is 12.1. The number of ether oxygens (including phenoxy) is 1. The van der Waals surface area contributed by atoms with E-state index in [1.54, 1.807) is 24.3 Å². The van der Waals surface area contributed by atoms with Crippen molar-refractivity contribution in [1.82, 2.24) is 9.80 Å². The molecule has 31 heavy (non-hydrogen) atoms. The van der Waals surface area contributed by atoms with Gasteiger partial charge in [0.25, 0.3) is 5.91 Å². The molecule has 166 valence electrons. The Bertz CT molecular complexity index is 892. The van der Waals surface area contributed by atoms with Crippen LogP contribution in [0.15, 0.2) is 48.5 Å². The number of hydrogen-bond acceptors (Lipinski definition) is 3. The Morgan fingerprint density at radius 2 is 1.74 bits per heavy atom. The smallest absolute Gasteiger partial charge is 0.377 e. The second kappa shape index (κ2) is 9.40. The van der Waals surface area contributed by atoms with Crippen LogP contribution in [0.2, 0.25) is 0 Å². The lowest BCUT2D eigenvalue weighted by Gasteiger charge is -2.24. The SMILES string of the molecule is O=C(c1ccccc1-c1ccc(C(F)(F)F)cc1)N1CCCN(C[C@@H]2CCCO2)CC1. The molecular weight excluding hydrogens is 405 g/mol. The molecule has 2 aromatic carbocycles. The highest BCUT2D eigenvalue weighted by Crippen LogP contribution is 2.32. The highest BCUT2D eigenvalue weighted by molar-refractivity contribution is 6.00. The molecule has 0 radical (unpaired) electrons. The standard InChI is InChI=1S/C24H27F3N2O2/c25-24(26,27)19-10-8-18(9-11-19)21-6-1-2-7-22(21)23(30)29-13-4-12-28(14-15-29)17-20-5-3-16-31-20/h1-2,6-11,20H,3-5,12-17H2/t20-/m0/s1. The highest BCUT2D eigenvalue weighted by atomic mass is 19.4. The van der Waals surface area contributed by atoms with Crippen LogP contribution in [0, 0.1) is 0 Å². The van der Waals surface area contributed by atoms with E-state index in [1.807, 2.05) is 4.90 Å². The lowest BCUT2D eigenvalue weighted by Crippen LogP contribution is -2.37. The number of hydrogen-bond donors (Lipinski definition) is 0. The molecule has 2 heterocycles. The van der Waals surface area contributed by atoms with Gasteiger partial charge in [-0.05, 0) is 55.1 Å². The zero-order chi connectivity index (χ0) is 21.8. The number of rotatable bonds is 4. The van der Waals surface area contributed by atoms with Crippen LogP contribution >= 0.6 is 0 Å². The molecule has 4 rings (SSSR count). The fraction of sp³-hybridized carbons (Fsp3) is 0.458. The number of carbonyl (C=O) groups is 1. The molecule has 2 saturated heterocycles. The zero-order valence-electron chi connectivity index (χ0n) is 17.4. The fourth-order valence-corrected chi connectivity index (χ4v) is 4.36. The maximum Gasteiger partial charge on any atom is 0.416 e. The molecule has 0 bridgehead atoms. The molecule has 0 spiro atoms. The summed E-state index contributed by atoms with van der Waals surface area (Å²) in [7, 11) is 0. The van der Waals surface area contributed by atoms with Crippen molar-refractivity contribution in [3.63, 3.8) is 0 Å². The first-order chi connectivity index (χ1) is 14.9. The van der Waals surface area contributed by atoms with E-state index in [0.717, 1.165) is 57.6 Å². The number of amides is 1. The van der Waals surface area contributed by atoms with E-state index in [4.69, 9.17) is 4.74 Å². The van der Waals surface area contributed by atoms with Gasteiger partial charge in [0.1, 0.15) is 0 Å². The van der Waals surface area contributed by atoms with Gasteiger partial charge in [-0.2, -0.15) is 13.2 Å². The normalized spacial score (nSPS) is 20.6. The van der Waals surface area contributed by atoms with Gasteiger partial charge in [0, 0.05) is 38.3 Å². The predicted octanol–water partition coefficient (Wildman–Crippen LogP) is 4.70. The molecule has 0 unspecified atom stereocenters. The minimum atomic E-state index is -4.38. The maximum atomic E-state index is 13.3. The van der Waals surface area contributed by atoms with Crippen molar-refractivity contribution in [1.29, 1.82) is 0 Å². The van der Waals surface area contributed by atoms with Crippen molar-refractivity contribution in [2.75, 3.05) is 39.3 Å². The van der Waals surface area contributed by atoms with E-state index >= 15 is 0 Å². The van der Waals surface area contributed by atoms with Crippen LogP contribution in [0.3, 0.4) is 0 Å². The third-order valence-corrected chi connectivity index (χ3v) is 6.04. The van der Waals surface area contributed by atoms with Gasteiger partial charge in [0.2, 0.25) is 0 Å². The summed E-state index contributed by atoms with van der Waals surface area (Å²) < 4.78 is 44.4. The van der Waals surface area contributed by atoms with Gasteiger partial charge in [-0.15, -0.1) is 0 Å². The summed E-state index contributed by atoms with van der Waals surface area (Å²) in [5, 5.41) is 0. The monoisotopic (exact) mass is 432 g/mol. The lowest BCUT2D eigenvalue weighted by molar-refractivity contribution is -0.137. The van der Waals surface area contributed by atoms with Crippen LogP contribution in [0.5, 0.6) is 0 Å². The topological polar surface area (TPSA) is 32.8 Å². The molecule has 0 aromatic heterocycles. The Labute approximate surface area is 180 Å². The Balaban J connectivity index is 1.47. The average Bonchev–Trinajstić information content (AvgIpc) is 3.17. The van der Waals surface area contributed by atoms with E-state index in [-0.39, 0.29) is 5.91 Å². The van der Waals surface area contributed by atoms with Crippen molar-refractivity contribution in [3.8, 4) is 11.1 Å². The van der Waals surface area contributed by atoms with Crippen molar-refractivity contribution >= 4 is 5.91 Å². The zero-order valence-corrected chi connectivity index (χ0v) is 17.4. The second-order valence-electron chi connectivity index (χ2n) is 8.20. The fourth-order valence-electron chi connectivity index (χ4n) is 4.36. The third kappa shape index (κ3) is 5.28. The number of halogens is 3. The average molecular weight is 432 g/mol. The highest BCUT2D eigenvalue weighted by Gasteiger charge is 2.30. The number of nitrogens with zero attached hydrogens (tertiary/aromatic N) is 2. The van der Waals surface area contributed by atoms with Crippen LogP contribution in [0.25, 0.3) is 11.1 Å². The largest absolute Gasteiger partial charge is 0.416 e. The molecule has 2 fully saturated rings. The lowest BCUT2D eigenvalue weighted by atomic mass is 9.97. The van der Waals surface area contributed by atoms with E-state index in [1.165, 1.54) is 12.1 Å². The van der Waals surface area contributed by atoms with E-state index < -0.39 is 11.7 Å². The van der Waals surface area contributed by atoms with Crippen LogP contribution in [0.1, 0.15) is 35.2 Å². The van der Waals surface area contributed by atoms with Crippen LogP contribution < -0.4 is 0 Å². The molecule has 2 aromatic rings. The Morgan fingerprint density at radius 3 is 2.45 bits per heavy atom. The summed E-state index contributed by atoms with van der Waals surface area (Å²) in [6.45, 7) is 4.78. The molecule has 0 N–H and O–H groups in total. The Hall–Kier alpha value is -2.38. The quantitative estimate of drug-likeness (QED) is 0.702. The number of alkyl halides is 3. The predicted molar refractivity (Wildman–Crippen MR) is 113 cm³/mol. The first-order valence-electron chi connectivity index (χ1n) is 10.8. The summed E-state index contributed by atoms with van der Waals surface area (Å²) in [5.74, 6) is -0.0746. The van der Waals surface area contributed by atoms with Crippen LogP contribution in [-0.4, -0.2) is 61.1 Å². The first kappa shape index (κ1) is 21.8. The summed E-state index contributed by atoms with van der Waals surface area (Å²) >= 11 is 0. The van der Waals surface area contributed by atoms with Crippen LogP contribution in [0.4, 0.5) is 13.2 Å². The summed E-state index contributed by atoms with van der Waals surface area (Å²) in [5.41, 5.74) is 1.09. The van der Waals surface area contributed by atoms with Gasteiger partial charge >= 0.3 is 6.18 Å². The van der Waals surface area contributed by atoms with E-state index in [9.17, 15) is 18.0 Å². The number of carbonyl (C=O) groups excluding carboxylic acids is 1. The molecule has 1 amide bonds. The van der Waals surface area contributed by atoms with E-state index in [2.05, 4.69) is 4.90 Å². The summed E-state index contributed by atoms with van der Waals surface area (Å²) in [6.07, 6.45) is -0.984. The van der Waals surface area contributed by atoms with Gasteiger partial charge < -0.3 is 9.64 Å². The first-order valence-corrected chi connectivity index (χ1v) is 10.8. The van der Waals surface area contributed by atoms with Gasteiger partial charge in [-0.1, -0.05) is 30.3 Å². The minimum absolute atomic E-state index is 0.0746. The molecule has 0 aliphatic carbocycles. The molecule has 2 aliphatic rings. The maximum absolute atomic E-state index is 13.3. The van der Waals surface area contributed by atoms with Gasteiger partial charge in [-0.3, -0.25) is 9.69 Å². The third-order valence-electron chi connectivity index (χ3n) is 6.04. The van der Waals surface area contributed by atoms with E-state index in [0.29, 0.717) is 35.9 Å². The van der Waals surface area contributed by atoms with Gasteiger partial charge in [0.05, 0.1) is 11.7 Å². The molecule has 7 heteroatoms. The van der Waals surface area contributed by atoms with Crippen molar-refractivity contribution in [3.05, 3.63) is 59.7 Å². The molecular formula is C24H27F3N2O2. The Morgan fingerprint density at radius 1 is 0.968 bits per heavy atom. The van der Waals surface area contributed by atoms with Crippen molar-refractivity contribution in [2.24, 2.45) is 0 Å². The van der Waals surface area contributed by atoms with Crippen LogP contribution in [-0.2, 0) is 10.9 Å². The molecule has 2 aliphatic heterocycles. The number of benzene rings is 2. The van der Waals surface area contributed by atoms with Gasteiger partial charge in [-0.25, -0.2) is 0 Å².